The van der Waals surface area contributed by atoms with Gasteiger partial charge in [0.1, 0.15) is 16.8 Å². The van der Waals surface area contributed by atoms with Gasteiger partial charge in [0.25, 0.3) is 0 Å². The van der Waals surface area contributed by atoms with Crippen LogP contribution in [0.5, 0.6) is 0 Å². The van der Waals surface area contributed by atoms with Gasteiger partial charge in [-0.15, -0.1) is 0 Å². The lowest BCUT2D eigenvalue weighted by Crippen LogP contribution is -2.56. The maximum absolute atomic E-state index is 12.1. The standard InChI is InChI=1S/C21H30O2Si/c1-14-19(5)13-21(23-24,20(14,6)18(2,3)4)17(16(19)12-22)15-10-8-7-9-11-15/h7-12,14H,13H2,1-6,24H3. The second kappa shape index (κ2) is 5.15. The number of hydrogen-bond acceptors (Lipinski definition) is 2. The van der Waals surface area contributed by atoms with Gasteiger partial charge in [0.2, 0.25) is 0 Å². The summed E-state index contributed by atoms with van der Waals surface area (Å²) in [7, 11) is 0.659. The Labute approximate surface area is 149 Å². The molecule has 0 N–H and O–H groups in total. The molecule has 0 saturated heterocycles. The van der Waals surface area contributed by atoms with Crippen LogP contribution in [0.2, 0.25) is 0 Å². The smallest absolute Gasteiger partial charge is 0.147 e. The highest BCUT2D eigenvalue weighted by molar-refractivity contribution is 6.03. The van der Waals surface area contributed by atoms with E-state index in [1.54, 1.807) is 0 Å². The van der Waals surface area contributed by atoms with Crippen molar-refractivity contribution < 1.29 is 9.22 Å². The maximum atomic E-state index is 12.1. The zero-order valence-electron chi connectivity index (χ0n) is 16.1. The highest BCUT2D eigenvalue weighted by Gasteiger charge is 2.74. The highest BCUT2D eigenvalue weighted by Crippen LogP contribution is 2.76. The molecule has 2 bridgehead atoms. The number of aldehydes is 1. The summed E-state index contributed by atoms with van der Waals surface area (Å²) < 4.78 is 6.49. The topological polar surface area (TPSA) is 26.3 Å². The molecule has 3 rings (SSSR count). The Hall–Kier alpha value is -1.19. The van der Waals surface area contributed by atoms with Gasteiger partial charge in [0.05, 0.1) is 5.60 Å². The van der Waals surface area contributed by atoms with Crippen molar-refractivity contribution >= 4 is 22.3 Å². The van der Waals surface area contributed by atoms with Crippen molar-refractivity contribution in [3.63, 3.8) is 0 Å². The third kappa shape index (κ3) is 1.78. The van der Waals surface area contributed by atoms with Gasteiger partial charge in [-0.1, -0.05) is 71.9 Å². The van der Waals surface area contributed by atoms with Crippen LogP contribution in [0.3, 0.4) is 0 Å². The van der Waals surface area contributed by atoms with Crippen molar-refractivity contribution in [2.24, 2.45) is 22.2 Å². The van der Waals surface area contributed by atoms with Gasteiger partial charge >= 0.3 is 0 Å². The maximum Gasteiger partial charge on any atom is 0.147 e. The molecule has 2 aliphatic rings. The van der Waals surface area contributed by atoms with Crippen molar-refractivity contribution in [2.75, 3.05) is 0 Å². The molecule has 1 aromatic carbocycles. The average molecular weight is 343 g/mol. The van der Waals surface area contributed by atoms with Gasteiger partial charge in [-0.3, -0.25) is 4.79 Å². The zero-order valence-corrected chi connectivity index (χ0v) is 18.1. The average Bonchev–Trinajstić information content (AvgIpc) is 2.92. The molecule has 0 amide bonds. The van der Waals surface area contributed by atoms with E-state index >= 15 is 0 Å². The summed E-state index contributed by atoms with van der Waals surface area (Å²) in [5.74, 6) is 0.381. The van der Waals surface area contributed by atoms with Crippen LogP contribution in [0.15, 0.2) is 35.9 Å². The van der Waals surface area contributed by atoms with Gasteiger partial charge in [0.15, 0.2) is 0 Å². The fourth-order valence-corrected chi connectivity index (χ4v) is 6.62. The first-order valence-corrected chi connectivity index (χ1v) is 9.73. The van der Waals surface area contributed by atoms with Gasteiger partial charge in [-0.25, -0.2) is 0 Å². The van der Waals surface area contributed by atoms with E-state index in [9.17, 15) is 4.79 Å². The molecule has 2 nitrogen and oxygen atoms in total. The van der Waals surface area contributed by atoms with Gasteiger partial charge in [-0.2, -0.15) is 0 Å². The largest absolute Gasteiger partial charge is 0.418 e. The molecular formula is C21H30O2Si. The summed E-state index contributed by atoms with van der Waals surface area (Å²) in [6.07, 6.45) is 2.01. The molecular weight excluding hydrogens is 312 g/mol. The van der Waals surface area contributed by atoms with Crippen LogP contribution in [0.1, 0.15) is 53.5 Å². The Bertz CT molecular complexity index is 702. The molecule has 0 aromatic heterocycles. The van der Waals surface area contributed by atoms with Gasteiger partial charge < -0.3 is 4.43 Å². The molecule has 4 unspecified atom stereocenters. The van der Waals surface area contributed by atoms with E-state index in [-0.39, 0.29) is 21.8 Å². The lowest BCUT2D eigenvalue weighted by atomic mass is 9.50. The number of allylic oxidation sites excluding steroid dienone is 1. The summed E-state index contributed by atoms with van der Waals surface area (Å²) in [6, 6.07) is 10.4. The van der Waals surface area contributed by atoms with Crippen molar-refractivity contribution in [3.8, 4) is 0 Å². The van der Waals surface area contributed by atoms with E-state index in [2.05, 4.69) is 65.8 Å². The van der Waals surface area contributed by atoms with Crippen molar-refractivity contribution in [2.45, 2.75) is 53.6 Å². The molecule has 1 fully saturated rings. The first kappa shape index (κ1) is 17.6. The summed E-state index contributed by atoms with van der Waals surface area (Å²) >= 11 is 0. The molecule has 2 aliphatic carbocycles. The predicted octanol–water partition coefficient (Wildman–Crippen LogP) is 3.79. The fourth-order valence-electron chi connectivity index (χ4n) is 5.85. The SMILES string of the molecule is CC1C2(C)CC(O[SiH3])(C(c3ccccc3)=C2C=O)C1(C)C(C)(C)C. The highest BCUT2D eigenvalue weighted by atomic mass is 28.2. The van der Waals surface area contributed by atoms with Crippen molar-refractivity contribution in [1.29, 1.82) is 0 Å². The van der Waals surface area contributed by atoms with Crippen LogP contribution in [-0.4, -0.2) is 22.4 Å². The third-order valence-corrected chi connectivity index (χ3v) is 8.35. The lowest BCUT2D eigenvalue weighted by Gasteiger charge is -2.57. The van der Waals surface area contributed by atoms with Crippen LogP contribution in [0.25, 0.3) is 5.57 Å². The molecule has 24 heavy (non-hydrogen) atoms. The first-order valence-electron chi connectivity index (χ1n) is 8.91. The molecule has 0 aliphatic heterocycles. The van der Waals surface area contributed by atoms with Gasteiger partial charge in [0, 0.05) is 16.4 Å². The molecule has 130 valence electrons. The second-order valence-corrected chi connectivity index (χ2v) is 9.48. The van der Waals surface area contributed by atoms with E-state index in [1.165, 1.54) is 0 Å². The molecule has 1 saturated carbocycles. The number of benzene rings is 1. The Balaban J connectivity index is 2.39. The quantitative estimate of drug-likeness (QED) is 0.617. The predicted molar refractivity (Wildman–Crippen MR) is 103 cm³/mol. The monoisotopic (exact) mass is 342 g/mol. The number of hydrogen-bond donors (Lipinski definition) is 0. The van der Waals surface area contributed by atoms with Crippen LogP contribution in [0, 0.1) is 22.2 Å². The van der Waals surface area contributed by atoms with E-state index < -0.39 is 0 Å². The third-order valence-electron chi connectivity index (χ3n) is 7.65. The number of rotatable bonds is 3. The van der Waals surface area contributed by atoms with E-state index in [0.717, 1.165) is 29.4 Å². The Kier molecular flexibility index (Phi) is 3.78. The zero-order chi connectivity index (χ0) is 18.0. The van der Waals surface area contributed by atoms with Crippen molar-refractivity contribution in [3.05, 3.63) is 41.5 Å². The molecule has 0 radical (unpaired) electrons. The minimum Gasteiger partial charge on any atom is -0.418 e. The Morgan fingerprint density at radius 1 is 1.21 bits per heavy atom. The number of carbonyl (C=O) groups is 1. The molecule has 1 aromatic rings. The van der Waals surface area contributed by atoms with E-state index in [0.29, 0.717) is 16.4 Å². The second-order valence-electron chi connectivity index (χ2n) is 9.07. The summed E-state index contributed by atoms with van der Waals surface area (Å²) in [4.78, 5) is 12.1. The first-order chi connectivity index (χ1) is 11.1. The molecule has 4 atom stereocenters. The Morgan fingerprint density at radius 2 is 1.79 bits per heavy atom. The number of fused-ring (bicyclic) bond motifs is 2. The van der Waals surface area contributed by atoms with Crippen molar-refractivity contribution in [1.82, 2.24) is 0 Å². The fraction of sp³-hybridized carbons (Fsp3) is 0.571. The van der Waals surface area contributed by atoms with E-state index in [4.69, 9.17) is 4.43 Å². The van der Waals surface area contributed by atoms with E-state index in [1.807, 2.05) is 6.07 Å². The molecule has 0 spiro atoms. The summed E-state index contributed by atoms with van der Waals surface area (Å²) in [5.41, 5.74) is 2.78. The Morgan fingerprint density at radius 3 is 2.25 bits per heavy atom. The normalized spacial score (nSPS) is 38.8. The lowest BCUT2D eigenvalue weighted by molar-refractivity contribution is -0.107. The van der Waals surface area contributed by atoms with Crippen LogP contribution < -0.4 is 0 Å². The minimum atomic E-state index is -0.372. The summed E-state index contributed by atoms with van der Waals surface area (Å²) in [6.45, 7) is 13.9. The molecule has 0 heterocycles. The summed E-state index contributed by atoms with van der Waals surface area (Å²) in [5, 5.41) is 0. The molecule has 3 heteroatoms. The minimum absolute atomic E-state index is 0.0335. The van der Waals surface area contributed by atoms with Crippen LogP contribution >= 0.6 is 0 Å². The van der Waals surface area contributed by atoms with Crippen LogP contribution in [0.4, 0.5) is 0 Å². The van der Waals surface area contributed by atoms with Gasteiger partial charge in [-0.05, 0) is 28.9 Å². The van der Waals surface area contributed by atoms with Crippen LogP contribution in [-0.2, 0) is 9.22 Å². The number of carbonyl (C=O) groups excluding carboxylic acids is 1.